The first kappa shape index (κ1) is 14.6. The van der Waals surface area contributed by atoms with Crippen LogP contribution in [0.25, 0.3) is 22.0 Å². The summed E-state index contributed by atoms with van der Waals surface area (Å²) in [6.45, 7) is -22.0. The van der Waals surface area contributed by atoms with E-state index < -0.39 is 261 Å². The topological polar surface area (TPSA) is 54.8 Å². The molecule has 0 N–H and O–H groups in total. The normalized spacial score (nSPS) is 28.6. The SMILES string of the molecule is [2H]c1c([2H])c(F)c(F)c(C([2H])([2H])Sc2c([2H])c(=O)c3c([2H])c(C)c([2H])c([2H])c3n2CC(=O)N(C([2H])([2H])c2c([2H])c([2H])c(-c3c([2H])c([2H])c(C(F)(F)F)c([2H])c3[2H])c([2H])c2[2H])C2([2H])C([2H])([2H])C([2H])([2H])N(C([2H])([2H])COC([2H])([2H])[2H])C([2H])([2H])C2([2H])[2H])c1[2H]. The van der Waals surface area contributed by atoms with Crippen molar-refractivity contribution in [2.24, 2.45) is 0 Å². The smallest absolute Gasteiger partial charge is 0.383 e. The molecule has 0 atom stereocenters. The van der Waals surface area contributed by atoms with Crippen LogP contribution in [0.2, 0.25) is 0 Å². The lowest BCUT2D eigenvalue weighted by atomic mass is 10.00. The van der Waals surface area contributed by atoms with Gasteiger partial charge in [0.15, 0.2) is 17.1 Å². The molecule has 1 aliphatic rings. The van der Waals surface area contributed by atoms with E-state index in [1.54, 1.807) is 0 Å². The van der Waals surface area contributed by atoms with Gasteiger partial charge in [0.05, 0.1) is 51.5 Å². The molecular weight excluding hydrogens is 710 g/mol. The van der Waals surface area contributed by atoms with E-state index in [0.29, 0.717) is 0 Å². The molecule has 1 fully saturated rings. The summed E-state index contributed by atoms with van der Waals surface area (Å²) in [5, 5.41) is -2.70. The van der Waals surface area contributed by atoms with E-state index in [-0.39, 0.29) is 4.57 Å². The average molecular weight is 783 g/mol. The Bertz CT molecular complexity index is 3670. The van der Waals surface area contributed by atoms with Crippen molar-refractivity contribution in [2.45, 2.75) is 55.6 Å². The molecule has 1 aliphatic heterocycles. The summed E-state index contributed by atoms with van der Waals surface area (Å²) < 4.78 is 365. The van der Waals surface area contributed by atoms with E-state index in [0.717, 1.165) is 6.92 Å². The quantitative estimate of drug-likeness (QED) is 0.0937. The molecule has 6 rings (SSSR count). The first-order valence-corrected chi connectivity index (χ1v) is 15.1. The third-order valence-electron chi connectivity index (χ3n) is 6.54. The summed E-state index contributed by atoms with van der Waals surface area (Å²) in [5.74, 6) is -7.26. The zero-order valence-electron chi connectivity index (χ0n) is 59.3. The molecule has 5 aromatic rings. The number of rotatable bonds is 12. The largest absolute Gasteiger partial charge is 0.416 e. The maximum atomic E-state index is 15.9. The average Bonchev–Trinajstić information content (AvgIpc) is 0.659. The highest BCUT2D eigenvalue weighted by Crippen LogP contribution is 2.32. The van der Waals surface area contributed by atoms with Gasteiger partial charge in [0.25, 0.3) is 0 Å². The summed E-state index contributed by atoms with van der Waals surface area (Å²) in [4.78, 5) is 28.0. The van der Waals surface area contributed by atoms with Crippen LogP contribution >= 0.6 is 11.8 Å². The minimum absolute atomic E-state index is 0.0218. The highest BCUT2D eigenvalue weighted by molar-refractivity contribution is 7.98. The molecule has 12 heteroatoms. The highest BCUT2D eigenvalue weighted by Gasteiger charge is 2.31. The molecule has 1 amide bonds. The monoisotopic (exact) mass is 782 g/mol. The van der Waals surface area contributed by atoms with Crippen LogP contribution in [0.4, 0.5) is 22.0 Å². The van der Waals surface area contributed by atoms with Crippen molar-refractivity contribution in [2.75, 3.05) is 33.1 Å². The number of pyridine rings is 1. The van der Waals surface area contributed by atoms with Gasteiger partial charge in [0, 0.05) is 78.2 Å². The second-order valence-electron chi connectivity index (χ2n) is 10.1. The van der Waals surface area contributed by atoms with Crippen LogP contribution in [0.5, 0.6) is 0 Å². The number of thioether (sulfide) groups is 1. The molecule has 53 heavy (non-hydrogen) atoms. The predicted octanol–water partition coefficient (Wildman–Crippen LogP) is 8.71. The number of methoxy groups -OCH3 is 1. The minimum Gasteiger partial charge on any atom is -0.383 e. The highest BCUT2D eigenvalue weighted by atomic mass is 32.2. The number of halogens is 5. The van der Waals surface area contributed by atoms with Gasteiger partial charge in [0.1, 0.15) is 6.54 Å². The molecule has 0 bridgehead atoms. The number of alkyl halides is 3. The van der Waals surface area contributed by atoms with Crippen LogP contribution in [0.15, 0.2) is 100 Å². The van der Waals surface area contributed by atoms with Gasteiger partial charge in [-0.25, -0.2) is 8.78 Å². The van der Waals surface area contributed by atoms with Gasteiger partial charge in [-0.3, -0.25) is 9.59 Å². The van der Waals surface area contributed by atoms with E-state index >= 15 is 13.6 Å². The molecule has 0 aliphatic carbocycles. The zero-order valence-corrected chi connectivity index (χ0v) is 27.1. The number of aromatic nitrogens is 1. The van der Waals surface area contributed by atoms with Gasteiger partial charge in [-0.05, 0) is 66.6 Å². The van der Waals surface area contributed by atoms with Crippen molar-refractivity contribution >= 4 is 28.6 Å². The molecule has 2 heterocycles. The fraction of sp³-hybridized carbons (Fsp3) is 0.317. The van der Waals surface area contributed by atoms with E-state index in [2.05, 4.69) is 4.74 Å². The second kappa shape index (κ2) is 16.7. The van der Waals surface area contributed by atoms with Gasteiger partial charge in [-0.2, -0.15) is 13.2 Å². The lowest BCUT2D eigenvalue weighted by Crippen LogP contribution is -2.48. The summed E-state index contributed by atoms with van der Waals surface area (Å²) in [6, 6.07) is -29.7. The lowest BCUT2D eigenvalue weighted by Gasteiger charge is -2.39. The van der Waals surface area contributed by atoms with Crippen LogP contribution in [-0.2, 0) is 34.5 Å². The summed E-state index contributed by atoms with van der Waals surface area (Å²) in [7, 11) is -3.63. The third kappa shape index (κ3) is 9.17. The van der Waals surface area contributed by atoms with Crippen molar-refractivity contribution < 1.29 is 76.7 Å². The van der Waals surface area contributed by atoms with Crippen molar-refractivity contribution in [1.29, 1.82) is 0 Å². The third-order valence-corrected chi connectivity index (χ3v) is 7.36. The Morgan fingerprint density at radius 1 is 1.04 bits per heavy atom. The maximum Gasteiger partial charge on any atom is 0.416 e. The molecule has 0 saturated carbocycles. The first-order valence-electron chi connectivity index (χ1n) is 30.8. The number of carbonyl (C=O) groups excluding carboxylic acids is 1. The van der Waals surface area contributed by atoms with Crippen LogP contribution in [0.3, 0.4) is 0 Å². The van der Waals surface area contributed by atoms with E-state index in [9.17, 15) is 27.6 Å². The van der Waals surface area contributed by atoms with Crippen molar-refractivity contribution in [3.8, 4) is 11.1 Å². The van der Waals surface area contributed by atoms with Gasteiger partial charge in [-0.15, -0.1) is 11.8 Å². The van der Waals surface area contributed by atoms with Gasteiger partial charge < -0.3 is 19.1 Å². The van der Waals surface area contributed by atoms with Crippen LogP contribution < -0.4 is 5.43 Å². The minimum atomic E-state index is -5.62. The molecule has 278 valence electrons. The van der Waals surface area contributed by atoms with E-state index in [4.69, 9.17) is 35.6 Å². The van der Waals surface area contributed by atoms with Crippen molar-refractivity contribution in [3.63, 3.8) is 0 Å². The number of piperidine rings is 1. The van der Waals surface area contributed by atoms with E-state index in [1.165, 1.54) is 0 Å². The fourth-order valence-electron chi connectivity index (χ4n) is 4.16. The molecule has 6 nitrogen and oxygen atoms in total. The molecule has 1 saturated heterocycles. The fourth-order valence-corrected chi connectivity index (χ4v) is 4.91. The number of likely N-dealkylation sites (tertiary alicyclic amines) is 1. The van der Waals surface area contributed by atoms with Crippen LogP contribution in [-0.4, -0.2) is 59.4 Å². The molecule has 0 radical (unpaired) electrons. The number of carbonyl (C=O) groups is 1. The first-order chi connectivity index (χ1) is 38.5. The number of ether oxygens (including phenoxy) is 1. The predicted molar refractivity (Wildman–Crippen MR) is 198 cm³/mol. The molecule has 0 unspecified atom stereocenters. The Hall–Kier alpha value is -4.52. The van der Waals surface area contributed by atoms with Crippen LogP contribution in [0, 0.1) is 18.6 Å². The van der Waals surface area contributed by atoms with Crippen molar-refractivity contribution in [3.05, 3.63) is 135 Å². The summed E-state index contributed by atoms with van der Waals surface area (Å²) >= 11 is -0.705. The maximum absolute atomic E-state index is 15.9. The number of nitrogens with zero attached hydrogens (tertiary/aromatic N) is 3. The number of fused-ring (bicyclic) bond motifs is 1. The molecule has 1 aromatic heterocycles. The molecule has 0 spiro atoms. The van der Waals surface area contributed by atoms with Gasteiger partial charge in [0.2, 0.25) is 5.91 Å². The lowest BCUT2D eigenvalue weighted by molar-refractivity contribution is -0.137. The Morgan fingerprint density at radius 3 is 2.42 bits per heavy atom. The number of hydrogen-bond donors (Lipinski definition) is 0. The Balaban J connectivity index is 1.83. The second-order valence-corrected chi connectivity index (χ2v) is 10.9. The zero-order chi connectivity index (χ0) is 66.7. The standard InChI is InChI=1S/C41H40F5N3O3S/c1-27-6-15-36-34(22-27)37(50)23-39(53-26-31-4-3-5-35(42)40(31)43)49(36)25-38(51)48(33-16-18-47(19-17-33)20-21-52-2)24-28-7-9-29(10-8-28)30-11-13-32(14-12-30)41(44,45)46/h3-15,22-23,33H,16-21,24-26H2,1-2H3/i2D3,3D,4D,5D,6D,7D,8D,9D,10D,11D,12D,13D,14D,15D,16D2,17D2,18D2,19D2,20D2,22D,23D,24D2,26D2,33D. The van der Waals surface area contributed by atoms with Crippen LogP contribution in [0.1, 0.15) is 80.2 Å². The Labute approximate surface area is 355 Å². The summed E-state index contributed by atoms with van der Waals surface area (Å²) in [5.41, 5.74) is -16.4. The number of hydrogen-bond acceptors (Lipinski definition) is 5. The Morgan fingerprint density at radius 2 is 1.74 bits per heavy atom. The Kier molecular flexibility index (Phi) is 4.59. The summed E-state index contributed by atoms with van der Waals surface area (Å²) in [6.07, 6.45) is -15.7. The number of benzene rings is 4. The van der Waals surface area contributed by atoms with Gasteiger partial charge in [-0.1, -0.05) is 59.9 Å². The van der Waals surface area contributed by atoms with E-state index in [1.807, 2.05) is 0 Å². The molecule has 4 aromatic carbocycles. The number of amides is 1. The molecular formula is C41H40F5N3O3S. The van der Waals surface area contributed by atoms with Gasteiger partial charge >= 0.3 is 6.18 Å². The van der Waals surface area contributed by atoms with Crippen molar-refractivity contribution in [1.82, 2.24) is 14.4 Å².